The zero-order valence-electron chi connectivity index (χ0n) is 11.8. The highest BCUT2D eigenvalue weighted by atomic mass is 35.5. The van der Waals surface area contributed by atoms with Gasteiger partial charge in [0.15, 0.2) is 0 Å². The van der Waals surface area contributed by atoms with E-state index < -0.39 is 0 Å². The Morgan fingerprint density at radius 2 is 2.05 bits per heavy atom. The van der Waals surface area contributed by atoms with E-state index in [1.165, 1.54) is 11.1 Å². The van der Waals surface area contributed by atoms with Crippen molar-refractivity contribution in [3.8, 4) is 0 Å². The molecule has 1 aliphatic rings. The molecule has 0 spiro atoms. The molecule has 1 aromatic rings. The zero-order valence-corrected chi connectivity index (χ0v) is 12.6. The highest BCUT2D eigenvalue weighted by Gasteiger charge is 2.14. The van der Waals surface area contributed by atoms with Crippen molar-refractivity contribution in [1.82, 2.24) is 10.2 Å². The number of carbonyl (C=O) groups is 1. The molecule has 4 nitrogen and oxygen atoms in total. The summed E-state index contributed by atoms with van der Waals surface area (Å²) in [5.41, 5.74) is 8.25. The predicted octanol–water partition coefficient (Wildman–Crippen LogP) is 1.32. The minimum atomic E-state index is 0. The average molecular weight is 298 g/mol. The van der Waals surface area contributed by atoms with Crippen LogP contribution in [0.25, 0.3) is 0 Å². The molecule has 0 saturated carbocycles. The Morgan fingerprint density at radius 1 is 1.30 bits per heavy atom. The molecule has 1 heterocycles. The van der Waals surface area contributed by atoms with Crippen LogP contribution < -0.4 is 11.1 Å². The molecule has 0 unspecified atom stereocenters. The van der Waals surface area contributed by atoms with Crippen molar-refractivity contribution in [2.24, 2.45) is 5.73 Å². The van der Waals surface area contributed by atoms with Gasteiger partial charge in [0.2, 0.25) is 5.91 Å². The van der Waals surface area contributed by atoms with Crippen LogP contribution in [0.2, 0.25) is 0 Å². The summed E-state index contributed by atoms with van der Waals surface area (Å²) in [7, 11) is 0. The fourth-order valence-corrected chi connectivity index (χ4v) is 2.49. The third-order valence-corrected chi connectivity index (χ3v) is 3.55. The first-order valence-corrected chi connectivity index (χ1v) is 7.05. The van der Waals surface area contributed by atoms with Crippen molar-refractivity contribution in [2.75, 3.05) is 26.2 Å². The van der Waals surface area contributed by atoms with Gasteiger partial charge >= 0.3 is 0 Å². The van der Waals surface area contributed by atoms with E-state index in [1.54, 1.807) is 0 Å². The molecule has 0 aromatic heterocycles. The quantitative estimate of drug-likeness (QED) is 0.779. The molecule has 2 rings (SSSR count). The number of rotatable bonds is 6. The van der Waals surface area contributed by atoms with E-state index in [4.69, 9.17) is 5.73 Å². The van der Waals surface area contributed by atoms with E-state index >= 15 is 0 Å². The van der Waals surface area contributed by atoms with Crippen LogP contribution in [0.4, 0.5) is 0 Å². The average Bonchev–Trinajstić information content (AvgIpc) is 2.44. The lowest BCUT2D eigenvalue weighted by Crippen LogP contribution is -2.34. The van der Waals surface area contributed by atoms with E-state index in [1.807, 2.05) is 0 Å². The van der Waals surface area contributed by atoms with Crippen LogP contribution >= 0.6 is 12.4 Å². The topological polar surface area (TPSA) is 58.4 Å². The van der Waals surface area contributed by atoms with Gasteiger partial charge in [-0.15, -0.1) is 12.4 Å². The molecule has 0 fully saturated rings. The van der Waals surface area contributed by atoms with E-state index in [0.717, 1.165) is 39.0 Å². The first-order chi connectivity index (χ1) is 9.29. The molecular weight excluding hydrogens is 274 g/mol. The van der Waals surface area contributed by atoms with Gasteiger partial charge in [0.05, 0.1) is 0 Å². The van der Waals surface area contributed by atoms with Crippen LogP contribution in [0.15, 0.2) is 24.3 Å². The number of fused-ring (bicyclic) bond motifs is 1. The number of hydrogen-bond acceptors (Lipinski definition) is 3. The molecule has 1 aromatic carbocycles. The molecule has 3 N–H and O–H groups in total. The van der Waals surface area contributed by atoms with Crippen molar-refractivity contribution >= 4 is 18.3 Å². The van der Waals surface area contributed by atoms with Crippen molar-refractivity contribution in [1.29, 1.82) is 0 Å². The minimum Gasteiger partial charge on any atom is -0.356 e. The van der Waals surface area contributed by atoms with E-state index in [2.05, 4.69) is 34.5 Å². The number of nitrogens with one attached hydrogen (secondary N) is 1. The van der Waals surface area contributed by atoms with Crippen LogP contribution in [-0.4, -0.2) is 37.0 Å². The Balaban J connectivity index is 0.00000200. The third kappa shape index (κ3) is 5.12. The molecule has 112 valence electrons. The summed E-state index contributed by atoms with van der Waals surface area (Å²) in [5.74, 6) is 0.0616. The van der Waals surface area contributed by atoms with Crippen LogP contribution in [0.3, 0.4) is 0 Å². The standard InChI is InChI=1S/C15H23N3O.ClH/c16-8-6-15(19)17-9-3-10-18-11-7-13-4-1-2-5-14(13)12-18;/h1-2,4-5H,3,6-12,16H2,(H,17,19);1H. The molecule has 0 saturated heterocycles. The molecule has 0 atom stereocenters. The van der Waals surface area contributed by atoms with E-state index in [-0.39, 0.29) is 18.3 Å². The monoisotopic (exact) mass is 297 g/mol. The predicted molar refractivity (Wildman–Crippen MR) is 84.0 cm³/mol. The lowest BCUT2D eigenvalue weighted by Gasteiger charge is -2.28. The van der Waals surface area contributed by atoms with Crippen molar-refractivity contribution in [3.63, 3.8) is 0 Å². The number of carbonyl (C=O) groups excluding carboxylic acids is 1. The second-order valence-corrected chi connectivity index (χ2v) is 5.04. The lowest BCUT2D eigenvalue weighted by molar-refractivity contribution is -0.120. The summed E-state index contributed by atoms with van der Waals surface area (Å²) in [6, 6.07) is 8.65. The molecule has 0 aliphatic carbocycles. The summed E-state index contributed by atoms with van der Waals surface area (Å²) in [6.07, 6.45) is 2.56. The Bertz CT molecular complexity index is 425. The van der Waals surface area contributed by atoms with Gasteiger partial charge in [0, 0.05) is 39.1 Å². The van der Waals surface area contributed by atoms with Crippen LogP contribution in [0.5, 0.6) is 0 Å². The van der Waals surface area contributed by atoms with Gasteiger partial charge in [-0.3, -0.25) is 9.69 Å². The van der Waals surface area contributed by atoms with Gasteiger partial charge < -0.3 is 11.1 Å². The van der Waals surface area contributed by atoms with Crippen LogP contribution in [0.1, 0.15) is 24.0 Å². The van der Waals surface area contributed by atoms with Crippen molar-refractivity contribution in [3.05, 3.63) is 35.4 Å². The maximum absolute atomic E-state index is 11.3. The summed E-state index contributed by atoms with van der Waals surface area (Å²) in [5, 5.41) is 2.90. The number of nitrogens with two attached hydrogens (primary N) is 1. The number of benzene rings is 1. The molecular formula is C15H24ClN3O. The molecule has 5 heteroatoms. The number of amides is 1. The van der Waals surface area contributed by atoms with Gasteiger partial charge in [-0.05, 0) is 24.0 Å². The molecule has 1 amide bonds. The Labute approximate surface area is 127 Å². The Morgan fingerprint density at radius 3 is 2.80 bits per heavy atom. The Hall–Kier alpha value is -1.10. The van der Waals surface area contributed by atoms with E-state index in [0.29, 0.717) is 13.0 Å². The van der Waals surface area contributed by atoms with Gasteiger partial charge in [0.1, 0.15) is 0 Å². The van der Waals surface area contributed by atoms with Crippen molar-refractivity contribution < 1.29 is 4.79 Å². The first kappa shape index (κ1) is 17.0. The first-order valence-electron chi connectivity index (χ1n) is 7.05. The number of halogens is 1. The summed E-state index contributed by atoms with van der Waals surface area (Å²) < 4.78 is 0. The highest BCUT2D eigenvalue weighted by Crippen LogP contribution is 2.18. The number of nitrogens with zero attached hydrogens (tertiary/aromatic N) is 1. The SMILES string of the molecule is Cl.NCCC(=O)NCCCN1CCc2ccccc2C1. The van der Waals surface area contributed by atoms with E-state index in [9.17, 15) is 4.79 Å². The summed E-state index contributed by atoms with van der Waals surface area (Å²) in [4.78, 5) is 13.7. The normalized spacial score (nSPS) is 14.2. The maximum Gasteiger partial charge on any atom is 0.221 e. The molecule has 1 aliphatic heterocycles. The molecule has 0 radical (unpaired) electrons. The smallest absolute Gasteiger partial charge is 0.221 e. The largest absolute Gasteiger partial charge is 0.356 e. The number of hydrogen-bond donors (Lipinski definition) is 2. The summed E-state index contributed by atoms with van der Waals surface area (Å²) >= 11 is 0. The maximum atomic E-state index is 11.3. The van der Waals surface area contributed by atoms with Crippen LogP contribution in [0, 0.1) is 0 Å². The van der Waals surface area contributed by atoms with Crippen molar-refractivity contribution in [2.45, 2.75) is 25.8 Å². The fourth-order valence-electron chi connectivity index (χ4n) is 2.49. The second-order valence-electron chi connectivity index (χ2n) is 5.04. The lowest BCUT2D eigenvalue weighted by atomic mass is 10.00. The van der Waals surface area contributed by atoms with Gasteiger partial charge in [-0.1, -0.05) is 24.3 Å². The van der Waals surface area contributed by atoms with Crippen LogP contribution in [-0.2, 0) is 17.8 Å². The molecule has 20 heavy (non-hydrogen) atoms. The summed E-state index contributed by atoms with van der Waals surface area (Å²) in [6.45, 7) is 4.36. The fraction of sp³-hybridized carbons (Fsp3) is 0.533. The van der Waals surface area contributed by atoms with Gasteiger partial charge in [-0.25, -0.2) is 0 Å². The van der Waals surface area contributed by atoms with Gasteiger partial charge in [0.25, 0.3) is 0 Å². The molecule has 0 bridgehead atoms. The minimum absolute atomic E-state index is 0. The Kier molecular flexibility index (Phi) is 7.59. The van der Waals surface area contributed by atoms with Gasteiger partial charge in [-0.2, -0.15) is 0 Å². The third-order valence-electron chi connectivity index (χ3n) is 3.55. The highest BCUT2D eigenvalue weighted by molar-refractivity contribution is 5.85. The second kappa shape index (κ2) is 8.95. The zero-order chi connectivity index (χ0) is 13.5.